The van der Waals surface area contributed by atoms with Gasteiger partial charge in [-0.1, -0.05) is 12.1 Å². The maximum Gasteiger partial charge on any atom is 0.165 e. The number of ether oxygens (including phenoxy) is 3. The normalized spacial score (nSPS) is 18.9. The summed E-state index contributed by atoms with van der Waals surface area (Å²) in [5.41, 5.74) is 1.13. The SMILES string of the molecule is Cn1ccnc1[C@@H](NCc1cccc2c1OCCO2)C1CCOCC1. The standard InChI is InChI=1S/C19H25N3O3/c1-22-8-7-20-19(22)17(14-5-9-23-10-6-14)21-13-15-3-2-4-16-18(15)25-12-11-24-16/h2-4,7-8,14,17,21H,5-6,9-13H2,1H3/t17-/m0/s1. The van der Waals surface area contributed by atoms with Gasteiger partial charge >= 0.3 is 0 Å². The lowest BCUT2D eigenvalue weighted by Gasteiger charge is -2.31. The van der Waals surface area contributed by atoms with Crippen LogP contribution in [0.1, 0.15) is 30.3 Å². The first-order chi connectivity index (χ1) is 12.3. The average Bonchev–Trinajstić information content (AvgIpc) is 3.09. The molecule has 0 saturated carbocycles. The Morgan fingerprint density at radius 2 is 2.04 bits per heavy atom. The topological polar surface area (TPSA) is 57.5 Å². The fourth-order valence-electron chi connectivity index (χ4n) is 3.69. The van der Waals surface area contributed by atoms with Crippen LogP contribution in [-0.2, 0) is 18.3 Å². The zero-order chi connectivity index (χ0) is 17.1. The van der Waals surface area contributed by atoms with Gasteiger partial charge in [-0.2, -0.15) is 0 Å². The molecule has 25 heavy (non-hydrogen) atoms. The third-order valence-corrected chi connectivity index (χ3v) is 5.03. The molecule has 2 aromatic rings. The molecule has 0 amide bonds. The summed E-state index contributed by atoms with van der Waals surface area (Å²) in [6.45, 7) is 3.59. The van der Waals surface area contributed by atoms with E-state index in [1.165, 1.54) is 0 Å². The summed E-state index contributed by atoms with van der Waals surface area (Å²) in [6, 6.07) is 6.28. The van der Waals surface area contributed by atoms with Crippen molar-refractivity contribution in [3.05, 3.63) is 42.0 Å². The summed E-state index contributed by atoms with van der Waals surface area (Å²) >= 11 is 0. The monoisotopic (exact) mass is 343 g/mol. The second kappa shape index (κ2) is 7.45. The Bertz CT molecular complexity index is 710. The highest BCUT2D eigenvalue weighted by atomic mass is 16.6. The largest absolute Gasteiger partial charge is 0.486 e. The first-order valence-electron chi connectivity index (χ1n) is 8.99. The molecule has 2 aliphatic rings. The lowest BCUT2D eigenvalue weighted by molar-refractivity contribution is 0.0517. The lowest BCUT2D eigenvalue weighted by Crippen LogP contribution is -2.34. The summed E-state index contributed by atoms with van der Waals surface area (Å²) in [5.74, 6) is 3.30. The van der Waals surface area contributed by atoms with Gasteiger partial charge in [0, 0.05) is 44.8 Å². The van der Waals surface area contributed by atoms with E-state index in [4.69, 9.17) is 14.2 Å². The van der Waals surface area contributed by atoms with E-state index in [-0.39, 0.29) is 6.04 Å². The molecular formula is C19H25N3O3. The molecule has 1 saturated heterocycles. The third kappa shape index (κ3) is 3.50. The minimum absolute atomic E-state index is 0.198. The minimum atomic E-state index is 0.198. The molecular weight excluding hydrogens is 318 g/mol. The molecule has 3 heterocycles. The Labute approximate surface area is 148 Å². The van der Waals surface area contributed by atoms with E-state index < -0.39 is 0 Å². The van der Waals surface area contributed by atoms with Crippen molar-refractivity contribution in [1.82, 2.24) is 14.9 Å². The molecule has 1 N–H and O–H groups in total. The van der Waals surface area contributed by atoms with E-state index in [9.17, 15) is 0 Å². The van der Waals surface area contributed by atoms with Gasteiger partial charge in [0.15, 0.2) is 11.5 Å². The van der Waals surface area contributed by atoms with E-state index in [1.807, 2.05) is 24.5 Å². The number of nitrogens with one attached hydrogen (secondary N) is 1. The van der Waals surface area contributed by atoms with Crippen LogP contribution >= 0.6 is 0 Å². The maximum absolute atomic E-state index is 5.84. The Hall–Kier alpha value is -2.05. The molecule has 4 rings (SSSR count). The van der Waals surface area contributed by atoms with Crippen LogP contribution in [0.5, 0.6) is 11.5 Å². The van der Waals surface area contributed by atoms with Crippen molar-refractivity contribution in [2.45, 2.75) is 25.4 Å². The van der Waals surface area contributed by atoms with Crippen LogP contribution in [0, 0.1) is 5.92 Å². The predicted octanol–water partition coefficient (Wildman–Crippen LogP) is 2.45. The minimum Gasteiger partial charge on any atom is -0.486 e. The van der Waals surface area contributed by atoms with Gasteiger partial charge < -0.3 is 24.1 Å². The molecule has 1 fully saturated rings. The smallest absolute Gasteiger partial charge is 0.165 e. The number of hydrogen-bond donors (Lipinski definition) is 1. The Balaban J connectivity index is 1.54. The number of nitrogens with zero attached hydrogens (tertiary/aromatic N) is 2. The summed E-state index contributed by atoms with van der Waals surface area (Å²) < 4.78 is 19.2. The number of rotatable bonds is 5. The quantitative estimate of drug-likeness (QED) is 0.904. The van der Waals surface area contributed by atoms with Crippen molar-refractivity contribution < 1.29 is 14.2 Å². The molecule has 0 unspecified atom stereocenters. The highest BCUT2D eigenvalue weighted by Crippen LogP contribution is 2.35. The molecule has 6 heteroatoms. The number of imidazole rings is 1. The number of benzene rings is 1. The number of aryl methyl sites for hydroxylation is 1. The zero-order valence-corrected chi connectivity index (χ0v) is 14.6. The van der Waals surface area contributed by atoms with Gasteiger partial charge in [-0.25, -0.2) is 4.98 Å². The van der Waals surface area contributed by atoms with Gasteiger partial charge in [0.25, 0.3) is 0 Å². The number of fused-ring (bicyclic) bond motifs is 1. The number of para-hydroxylation sites is 1. The van der Waals surface area contributed by atoms with Gasteiger partial charge in [0.05, 0.1) is 6.04 Å². The van der Waals surface area contributed by atoms with Gasteiger partial charge in [-0.05, 0) is 24.8 Å². The van der Waals surface area contributed by atoms with Crippen molar-refractivity contribution in [1.29, 1.82) is 0 Å². The summed E-state index contributed by atoms with van der Waals surface area (Å²) in [7, 11) is 2.05. The van der Waals surface area contributed by atoms with Gasteiger partial charge in [0.1, 0.15) is 19.0 Å². The van der Waals surface area contributed by atoms with Crippen LogP contribution < -0.4 is 14.8 Å². The summed E-state index contributed by atoms with van der Waals surface area (Å²) in [4.78, 5) is 4.59. The fraction of sp³-hybridized carbons (Fsp3) is 0.526. The van der Waals surface area contributed by atoms with Crippen molar-refractivity contribution in [2.24, 2.45) is 13.0 Å². The Morgan fingerprint density at radius 1 is 1.20 bits per heavy atom. The van der Waals surface area contributed by atoms with E-state index in [0.717, 1.165) is 55.5 Å². The van der Waals surface area contributed by atoms with Crippen LogP contribution in [0.4, 0.5) is 0 Å². The van der Waals surface area contributed by atoms with E-state index >= 15 is 0 Å². The van der Waals surface area contributed by atoms with Gasteiger partial charge in [0.2, 0.25) is 0 Å². The van der Waals surface area contributed by atoms with Crippen molar-refractivity contribution in [3.8, 4) is 11.5 Å². The first kappa shape index (κ1) is 16.4. The van der Waals surface area contributed by atoms with Crippen LogP contribution in [0.3, 0.4) is 0 Å². The van der Waals surface area contributed by atoms with E-state index in [0.29, 0.717) is 19.1 Å². The third-order valence-electron chi connectivity index (χ3n) is 5.03. The number of aromatic nitrogens is 2. The lowest BCUT2D eigenvalue weighted by atomic mass is 9.91. The van der Waals surface area contributed by atoms with Gasteiger partial charge in [-0.15, -0.1) is 0 Å². The van der Waals surface area contributed by atoms with Crippen molar-refractivity contribution in [2.75, 3.05) is 26.4 Å². The fourth-order valence-corrected chi connectivity index (χ4v) is 3.69. The van der Waals surface area contributed by atoms with E-state index in [2.05, 4.69) is 28.0 Å². The van der Waals surface area contributed by atoms with Crippen molar-refractivity contribution >= 4 is 0 Å². The van der Waals surface area contributed by atoms with Crippen LogP contribution in [0.15, 0.2) is 30.6 Å². The molecule has 0 spiro atoms. The maximum atomic E-state index is 5.84. The molecule has 1 aromatic carbocycles. The summed E-state index contributed by atoms with van der Waals surface area (Å²) in [5, 5.41) is 3.72. The second-order valence-corrected chi connectivity index (χ2v) is 6.65. The first-order valence-corrected chi connectivity index (χ1v) is 8.99. The van der Waals surface area contributed by atoms with Crippen LogP contribution in [0.2, 0.25) is 0 Å². The van der Waals surface area contributed by atoms with Crippen LogP contribution in [0.25, 0.3) is 0 Å². The van der Waals surface area contributed by atoms with E-state index in [1.54, 1.807) is 0 Å². The number of hydrogen-bond acceptors (Lipinski definition) is 5. The Morgan fingerprint density at radius 3 is 2.84 bits per heavy atom. The highest BCUT2D eigenvalue weighted by molar-refractivity contribution is 5.47. The molecule has 0 aliphatic carbocycles. The molecule has 0 radical (unpaired) electrons. The molecule has 1 aromatic heterocycles. The Kier molecular flexibility index (Phi) is 4.90. The highest BCUT2D eigenvalue weighted by Gasteiger charge is 2.28. The van der Waals surface area contributed by atoms with Crippen LogP contribution in [-0.4, -0.2) is 36.0 Å². The van der Waals surface area contributed by atoms with Crippen molar-refractivity contribution in [3.63, 3.8) is 0 Å². The predicted molar refractivity (Wildman–Crippen MR) is 93.8 cm³/mol. The second-order valence-electron chi connectivity index (χ2n) is 6.65. The summed E-state index contributed by atoms with van der Waals surface area (Å²) in [6.07, 6.45) is 5.98. The molecule has 6 nitrogen and oxygen atoms in total. The molecule has 2 aliphatic heterocycles. The molecule has 134 valence electrons. The molecule has 0 bridgehead atoms. The average molecular weight is 343 g/mol. The zero-order valence-electron chi connectivity index (χ0n) is 14.6. The molecule has 1 atom stereocenters. The van der Waals surface area contributed by atoms with Gasteiger partial charge in [-0.3, -0.25) is 0 Å².